The van der Waals surface area contributed by atoms with Crippen molar-refractivity contribution in [2.75, 3.05) is 31.4 Å². The van der Waals surface area contributed by atoms with E-state index in [9.17, 15) is 4.39 Å². The number of halogens is 2. The molecule has 106 valence electrons. The van der Waals surface area contributed by atoms with Crippen LogP contribution in [0.15, 0.2) is 5.16 Å². The molecule has 3 heterocycles. The van der Waals surface area contributed by atoms with E-state index in [4.69, 9.17) is 16.3 Å². The van der Waals surface area contributed by atoms with E-state index in [0.29, 0.717) is 16.4 Å². The first-order valence-electron chi connectivity index (χ1n) is 6.05. The molecule has 0 aliphatic carbocycles. The number of rotatable bonds is 3. The van der Waals surface area contributed by atoms with Crippen molar-refractivity contribution in [3.63, 3.8) is 0 Å². The van der Waals surface area contributed by atoms with Crippen LogP contribution in [-0.2, 0) is 0 Å². The highest BCUT2D eigenvalue weighted by molar-refractivity contribution is 7.98. The van der Waals surface area contributed by atoms with Crippen molar-refractivity contribution in [1.29, 1.82) is 0 Å². The fourth-order valence-corrected chi connectivity index (χ4v) is 2.60. The fraction of sp³-hybridized carbons (Fsp3) is 0.417. The number of thioether (sulfide) groups is 1. The Morgan fingerprint density at radius 2 is 2.05 bits per heavy atom. The normalized spacial score (nSPS) is 14.5. The zero-order valence-electron chi connectivity index (χ0n) is 11.0. The Kier molecular flexibility index (Phi) is 3.55. The van der Waals surface area contributed by atoms with Crippen LogP contribution in [0.1, 0.15) is 6.42 Å². The number of nitrogens with zero attached hydrogens (tertiary/aromatic N) is 4. The Bertz CT molecular complexity index is 680. The van der Waals surface area contributed by atoms with Gasteiger partial charge in [-0.2, -0.15) is 4.98 Å². The second-order valence-corrected chi connectivity index (χ2v) is 5.46. The summed E-state index contributed by atoms with van der Waals surface area (Å²) < 4.78 is 19.4. The van der Waals surface area contributed by atoms with Crippen molar-refractivity contribution in [3.05, 3.63) is 11.0 Å². The van der Waals surface area contributed by atoms with Crippen LogP contribution >= 0.6 is 23.4 Å². The van der Waals surface area contributed by atoms with Crippen molar-refractivity contribution >= 4 is 40.1 Å². The Labute approximate surface area is 124 Å². The fourth-order valence-electron chi connectivity index (χ4n) is 2.07. The lowest BCUT2D eigenvalue weighted by atomic mass is 10.2. The second-order valence-electron chi connectivity index (χ2n) is 4.32. The predicted octanol–water partition coefficient (Wildman–Crippen LogP) is 2.76. The van der Waals surface area contributed by atoms with Gasteiger partial charge in [-0.15, -0.1) is 0 Å². The van der Waals surface area contributed by atoms with Gasteiger partial charge in [-0.3, -0.25) is 0 Å². The van der Waals surface area contributed by atoms with Crippen LogP contribution in [0.5, 0.6) is 5.88 Å². The molecule has 1 aliphatic rings. The van der Waals surface area contributed by atoms with Gasteiger partial charge in [0, 0.05) is 13.1 Å². The van der Waals surface area contributed by atoms with Gasteiger partial charge in [-0.1, -0.05) is 23.4 Å². The highest BCUT2D eigenvalue weighted by atomic mass is 35.5. The van der Waals surface area contributed by atoms with Crippen LogP contribution < -0.4 is 9.64 Å². The SMILES string of the molecule is COc1nc(Cl)c(F)c2nc(SC)nc(N3CCC3)c12. The zero-order valence-corrected chi connectivity index (χ0v) is 12.6. The molecule has 0 spiro atoms. The number of aromatic nitrogens is 3. The van der Waals surface area contributed by atoms with E-state index in [0.717, 1.165) is 19.5 Å². The minimum atomic E-state index is -0.637. The van der Waals surface area contributed by atoms with Gasteiger partial charge in [0.15, 0.2) is 16.1 Å². The van der Waals surface area contributed by atoms with Crippen molar-refractivity contribution in [1.82, 2.24) is 15.0 Å². The zero-order chi connectivity index (χ0) is 14.3. The molecule has 1 fully saturated rings. The third-order valence-corrected chi connectivity index (χ3v) is 4.00. The number of ether oxygens (including phenoxy) is 1. The van der Waals surface area contributed by atoms with E-state index in [1.807, 2.05) is 6.26 Å². The largest absolute Gasteiger partial charge is 0.480 e. The number of anilines is 1. The molecule has 0 N–H and O–H groups in total. The molecule has 2 aromatic heterocycles. The third-order valence-electron chi connectivity index (χ3n) is 3.20. The molecule has 0 aromatic carbocycles. The van der Waals surface area contributed by atoms with Crippen molar-refractivity contribution in [2.24, 2.45) is 0 Å². The molecular weight excluding hydrogens is 303 g/mol. The van der Waals surface area contributed by atoms with Crippen LogP contribution in [-0.4, -0.2) is 41.4 Å². The number of methoxy groups -OCH3 is 1. The maximum Gasteiger partial charge on any atom is 0.228 e. The monoisotopic (exact) mass is 314 g/mol. The average Bonchev–Trinajstić information content (AvgIpc) is 2.40. The standard InChI is InChI=1S/C12H12ClFN4OS/c1-19-11-6-8(7(14)9(13)16-11)15-12(20-2)17-10(6)18-4-3-5-18/h3-5H2,1-2H3. The van der Waals surface area contributed by atoms with E-state index in [1.165, 1.54) is 18.9 Å². The summed E-state index contributed by atoms with van der Waals surface area (Å²) in [5.41, 5.74) is 0.156. The number of hydrogen-bond acceptors (Lipinski definition) is 6. The minimum absolute atomic E-state index is 0.156. The van der Waals surface area contributed by atoms with E-state index in [2.05, 4.69) is 19.9 Å². The lowest BCUT2D eigenvalue weighted by molar-refractivity contribution is 0.401. The van der Waals surface area contributed by atoms with Crippen LogP contribution in [0.4, 0.5) is 10.2 Å². The van der Waals surface area contributed by atoms with E-state index < -0.39 is 5.82 Å². The molecule has 1 saturated heterocycles. The molecule has 0 bridgehead atoms. The van der Waals surface area contributed by atoms with Crippen LogP contribution in [0.2, 0.25) is 5.15 Å². The molecule has 3 rings (SSSR count). The highest BCUT2D eigenvalue weighted by Crippen LogP contribution is 2.37. The molecule has 0 radical (unpaired) electrons. The van der Waals surface area contributed by atoms with Gasteiger partial charge in [-0.25, -0.2) is 14.4 Å². The van der Waals surface area contributed by atoms with Gasteiger partial charge in [0.1, 0.15) is 16.7 Å². The van der Waals surface area contributed by atoms with Crippen LogP contribution in [0, 0.1) is 5.82 Å². The Balaban J connectivity index is 2.37. The molecule has 0 saturated carbocycles. The van der Waals surface area contributed by atoms with Crippen LogP contribution in [0.25, 0.3) is 10.9 Å². The summed E-state index contributed by atoms with van der Waals surface area (Å²) in [6.07, 6.45) is 2.94. The summed E-state index contributed by atoms with van der Waals surface area (Å²) in [5, 5.41) is 0.740. The number of pyridine rings is 1. The molecule has 0 amide bonds. The van der Waals surface area contributed by atoms with E-state index in [-0.39, 0.29) is 16.5 Å². The second kappa shape index (κ2) is 5.21. The van der Waals surface area contributed by atoms with Crippen molar-refractivity contribution in [3.8, 4) is 5.88 Å². The molecule has 0 unspecified atom stereocenters. The van der Waals surface area contributed by atoms with E-state index in [1.54, 1.807) is 0 Å². The van der Waals surface area contributed by atoms with E-state index >= 15 is 0 Å². The highest BCUT2D eigenvalue weighted by Gasteiger charge is 2.25. The molecule has 0 atom stereocenters. The topological polar surface area (TPSA) is 51.1 Å². The van der Waals surface area contributed by atoms with Gasteiger partial charge in [0.25, 0.3) is 0 Å². The summed E-state index contributed by atoms with van der Waals surface area (Å²) in [6, 6.07) is 0. The summed E-state index contributed by atoms with van der Waals surface area (Å²) in [5.74, 6) is 0.272. The van der Waals surface area contributed by atoms with Gasteiger partial charge in [-0.05, 0) is 12.7 Å². The maximum atomic E-state index is 14.2. The minimum Gasteiger partial charge on any atom is -0.480 e. The number of fused-ring (bicyclic) bond motifs is 1. The van der Waals surface area contributed by atoms with Gasteiger partial charge in [0.2, 0.25) is 5.88 Å². The molecule has 5 nitrogen and oxygen atoms in total. The van der Waals surface area contributed by atoms with Gasteiger partial charge < -0.3 is 9.64 Å². The molecular formula is C12H12ClFN4OS. The molecule has 8 heteroatoms. The molecule has 20 heavy (non-hydrogen) atoms. The Morgan fingerprint density at radius 3 is 2.60 bits per heavy atom. The molecule has 2 aromatic rings. The number of hydrogen-bond donors (Lipinski definition) is 0. The summed E-state index contributed by atoms with van der Waals surface area (Å²) in [4.78, 5) is 14.7. The smallest absolute Gasteiger partial charge is 0.228 e. The lowest BCUT2D eigenvalue weighted by Gasteiger charge is -2.33. The molecule has 1 aliphatic heterocycles. The van der Waals surface area contributed by atoms with Crippen LogP contribution in [0.3, 0.4) is 0 Å². The summed E-state index contributed by atoms with van der Waals surface area (Å²) in [6.45, 7) is 1.76. The predicted molar refractivity (Wildman–Crippen MR) is 77.5 cm³/mol. The first-order valence-corrected chi connectivity index (χ1v) is 7.65. The Morgan fingerprint density at radius 1 is 1.30 bits per heavy atom. The first-order chi connectivity index (χ1) is 9.65. The first kappa shape index (κ1) is 13.6. The average molecular weight is 315 g/mol. The maximum absolute atomic E-state index is 14.2. The quantitative estimate of drug-likeness (QED) is 0.493. The third kappa shape index (κ3) is 2.05. The van der Waals surface area contributed by atoms with Gasteiger partial charge in [0.05, 0.1) is 7.11 Å². The summed E-state index contributed by atoms with van der Waals surface area (Å²) >= 11 is 7.16. The van der Waals surface area contributed by atoms with Gasteiger partial charge >= 0.3 is 0 Å². The lowest BCUT2D eigenvalue weighted by Crippen LogP contribution is -2.38. The van der Waals surface area contributed by atoms with Crippen molar-refractivity contribution in [2.45, 2.75) is 11.6 Å². The summed E-state index contributed by atoms with van der Waals surface area (Å²) in [7, 11) is 1.47. The Hall–Kier alpha value is -1.34. The van der Waals surface area contributed by atoms with Crippen molar-refractivity contribution < 1.29 is 9.13 Å².